The van der Waals surface area contributed by atoms with Gasteiger partial charge in [0.2, 0.25) is 0 Å². The third-order valence-corrected chi connectivity index (χ3v) is 4.63. The first-order valence-corrected chi connectivity index (χ1v) is 6.96. The van der Waals surface area contributed by atoms with Crippen molar-refractivity contribution < 1.29 is 13.2 Å². The fourth-order valence-corrected chi connectivity index (χ4v) is 2.90. The minimum atomic E-state index is -3.08. The fourth-order valence-electron chi connectivity index (χ4n) is 2.90. The Morgan fingerprint density at radius 3 is 1.32 bits per heavy atom. The van der Waals surface area contributed by atoms with Crippen LogP contribution in [-0.2, 0) is 0 Å². The van der Waals surface area contributed by atoms with Gasteiger partial charge in [-0.1, -0.05) is 62.3 Å². The van der Waals surface area contributed by atoms with Crippen LogP contribution in [0.3, 0.4) is 0 Å². The van der Waals surface area contributed by atoms with Gasteiger partial charge in [-0.2, -0.15) is 0 Å². The molecule has 0 heterocycles. The van der Waals surface area contributed by atoms with Gasteiger partial charge in [-0.3, -0.25) is 4.39 Å². The quantitative estimate of drug-likeness (QED) is 0.570. The van der Waals surface area contributed by atoms with Crippen molar-refractivity contribution in [2.45, 2.75) is 74.7 Å². The minimum absolute atomic E-state index is 0.0449. The first-order chi connectivity index (χ1) is 8.02. The van der Waals surface area contributed by atoms with Crippen molar-refractivity contribution in [1.82, 2.24) is 0 Å². The molecule has 0 N–H and O–H groups in total. The molecule has 0 aromatic rings. The normalized spacial score (nSPS) is 15.8. The molecule has 0 radical (unpaired) electrons. The van der Waals surface area contributed by atoms with Gasteiger partial charge in [0.05, 0.1) is 5.41 Å². The summed E-state index contributed by atoms with van der Waals surface area (Å²) in [5, 5.41) is 0. The van der Waals surface area contributed by atoms with Crippen molar-refractivity contribution in [3.63, 3.8) is 0 Å². The molecule has 0 spiro atoms. The number of rotatable bonds is 5. The standard InChI is InChI=1S/C16H31F3/c1-12(2,3)10-13(4,5)15(8,9)16(18,19)14(6,7)11-17/h10-11H2,1-9H3. The van der Waals surface area contributed by atoms with Crippen LogP contribution in [0, 0.1) is 21.7 Å². The topological polar surface area (TPSA) is 0 Å². The zero-order valence-electron chi connectivity index (χ0n) is 14.0. The molecule has 0 nitrogen and oxygen atoms in total. The van der Waals surface area contributed by atoms with Crippen LogP contribution in [0.15, 0.2) is 0 Å². The predicted octanol–water partition coefficient (Wildman–Crippen LogP) is 6.11. The predicted molar refractivity (Wildman–Crippen MR) is 76.3 cm³/mol. The number of halogens is 3. The Bertz CT molecular complexity index is 306. The van der Waals surface area contributed by atoms with E-state index >= 15 is 0 Å². The molecule has 0 rings (SSSR count). The first-order valence-electron chi connectivity index (χ1n) is 6.96. The lowest BCUT2D eigenvalue weighted by atomic mass is 9.55. The van der Waals surface area contributed by atoms with Crippen LogP contribution in [0.1, 0.15) is 68.7 Å². The van der Waals surface area contributed by atoms with E-state index < -0.39 is 28.8 Å². The van der Waals surface area contributed by atoms with Crippen LogP contribution in [0.25, 0.3) is 0 Å². The second-order valence-corrected chi connectivity index (χ2v) is 8.84. The molecule has 0 bridgehead atoms. The Balaban J connectivity index is 5.59. The highest BCUT2D eigenvalue weighted by Crippen LogP contribution is 2.59. The van der Waals surface area contributed by atoms with Crippen molar-refractivity contribution in [2.75, 3.05) is 6.67 Å². The zero-order chi connectivity index (χ0) is 15.9. The van der Waals surface area contributed by atoms with Crippen LogP contribution in [0.2, 0.25) is 0 Å². The number of alkyl halides is 3. The van der Waals surface area contributed by atoms with Crippen molar-refractivity contribution >= 4 is 0 Å². The minimum Gasteiger partial charge on any atom is -0.250 e. The molecular weight excluding hydrogens is 249 g/mol. The van der Waals surface area contributed by atoms with E-state index in [1.807, 2.05) is 34.6 Å². The van der Waals surface area contributed by atoms with Crippen LogP contribution in [0.4, 0.5) is 13.2 Å². The Hall–Kier alpha value is -0.210. The lowest BCUT2D eigenvalue weighted by molar-refractivity contribution is -0.231. The first kappa shape index (κ1) is 18.8. The highest BCUT2D eigenvalue weighted by atomic mass is 19.3. The molecule has 0 saturated carbocycles. The maximum absolute atomic E-state index is 14.8. The SMILES string of the molecule is CC(C)(C)CC(C)(C)C(C)(C)C(F)(F)C(C)(C)CF. The molecule has 0 aliphatic heterocycles. The van der Waals surface area contributed by atoms with E-state index in [1.165, 1.54) is 13.8 Å². The van der Waals surface area contributed by atoms with Gasteiger partial charge in [-0.15, -0.1) is 0 Å². The van der Waals surface area contributed by atoms with E-state index in [2.05, 4.69) is 0 Å². The molecule has 0 fully saturated rings. The summed E-state index contributed by atoms with van der Waals surface area (Å²) in [5.41, 5.74) is -3.58. The van der Waals surface area contributed by atoms with Crippen LogP contribution in [0.5, 0.6) is 0 Å². The van der Waals surface area contributed by atoms with Crippen LogP contribution in [-0.4, -0.2) is 12.6 Å². The van der Waals surface area contributed by atoms with E-state index in [-0.39, 0.29) is 5.41 Å². The van der Waals surface area contributed by atoms with Crippen LogP contribution >= 0.6 is 0 Å². The van der Waals surface area contributed by atoms with Gasteiger partial charge in [0.15, 0.2) is 0 Å². The van der Waals surface area contributed by atoms with E-state index in [1.54, 1.807) is 13.8 Å². The summed E-state index contributed by atoms with van der Waals surface area (Å²) in [7, 11) is 0. The summed E-state index contributed by atoms with van der Waals surface area (Å²) in [5.74, 6) is -3.08. The van der Waals surface area contributed by atoms with Gasteiger partial charge in [-0.05, 0) is 17.3 Å². The zero-order valence-corrected chi connectivity index (χ0v) is 14.0. The lowest BCUT2D eigenvalue weighted by Gasteiger charge is -2.53. The highest BCUT2D eigenvalue weighted by Gasteiger charge is 2.62. The third kappa shape index (κ3) is 3.46. The van der Waals surface area contributed by atoms with Crippen molar-refractivity contribution in [3.8, 4) is 0 Å². The maximum atomic E-state index is 14.8. The summed E-state index contributed by atoms with van der Waals surface area (Å²) in [4.78, 5) is 0. The number of hydrogen-bond acceptors (Lipinski definition) is 0. The second kappa shape index (κ2) is 4.96. The molecule has 0 aromatic carbocycles. The molecule has 0 saturated heterocycles. The molecule has 116 valence electrons. The number of hydrogen-bond donors (Lipinski definition) is 0. The average molecular weight is 280 g/mol. The van der Waals surface area contributed by atoms with Gasteiger partial charge >= 0.3 is 0 Å². The Morgan fingerprint density at radius 1 is 0.684 bits per heavy atom. The van der Waals surface area contributed by atoms with Gasteiger partial charge < -0.3 is 0 Å². The average Bonchev–Trinajstić information content (AvgIpc) is 2.12. The summed E-state index contributed by atoms with van der Waals surface area (Å²) >= 11 is 0. The van der Waals surface area contributed by atoms with Gasteiger partial charge in [0, 0.05) is 5.41 Å². The molecule has 0 aliphatic rings. The molecule has 0 atom stereocenters. The molecular formula is C16H31F3. The summed E-state index contributed by atoms with van der Waals surface area (Å²) in [6, 6.07) is 0. The highest BCUT2D eigenvalue weighted by molar-refractivity contribution is 5.03. The molecule has 0 unspecified atom stereocenters. The van der Waals surface area contributed by atoms with Crippen molar-refractivity contribution in [2.24, 2.45) is 21.7 Å². The van der Waals surface area contributed by atoms with E-state index in [9.17, 15) is 13.2 Å². The molecule has 0 amide bonds. The van der Waals surface area contributed by atoms with E-state index in [0.29, 0.717) is 6.42 Å². The Kier molecular flexibility index (Phi) is 4.91. The van der Waals surface area contributed by atoms with Gasteiger partial charge in [0.1, 0.15) is 6.67 Å². The van der Waals surface area contributed by atoms with Crippen molar-refractivity contribution in [3.05, 3.63) is 0 Å². The third-order valence-electron chi connectivity index (χ3n) is 4.63. The molecule has 19 heavy (non-hydrogen) atoms. The molecule has 3 heteroatoms. The Morgan fingerprint density at radius 2 is 1.05 bits per heavy atom. The van der Waals surface area contributed by atoms with Gasteiger partial charge in [0.25, 0.3) is 5.92 Å². The smallest absolute Gasteiger partial charge is 0.250 e. The Labute approximate surface area is 117 Å². The summed E-state index contributed by atoms with van der Waals surface area (Å²) in [6.07, 6.45) is 0.658. The molecule has 0 aliphatic carbocycles. The van der Waals surface area contributed by atoms with Crippen molar-refractivity contribution in [1.29, 1.82) is 0 Å². The van der Waals surface area contributed by atoms with Crippen LogP contribution < -0.4 is 0 Å². The molecule has 0 aromatic heterocycles. The second-order valence-electron chi connectivity index (χ2n) is 8.84. The summed E-state index contributed by atoms with van der Waals surface area (Å²) < 4.78 is 42.7. The van der Waals surface area contributed by atoms with Gasteiger partial charge in [-0.25, -0.2) is 8.78 Å². The van der Waals surface area contributed by atoms with E-state index in [4.69, 9.17) is 0 Å². The monoisotopic (exact) mass is 280 g/mol. The lowest BCUT2D eigenvalue weighted by Crippen LogP contribution is -2.56. The summed E-state index contributed by atoms with van der Waals surface area (Å²) in [6.45, 7) is 14.6. The largest absolute Gasteiger partial charge is 0.261 e. The van der Waals surface area contributed by atoms with E-state index in [0.717, 1.165) is 0 Å². The fraction of sp³-hybridized carbons (Fsp3) is 1.00. The maximum Gasteiger partial charge on any atom is 0.261 e.